The molecule has 0 aliphatic rings. The van der Waals surface area contributed by atoms with Crippen LogP contribution in [0.15, 0.2) is 36.7 Å². The van der Waals surface area contributed by atoms with Gasteiger partial charge in [-0.15, -0.1) is 0 Å². The molecule has 1 heterocycles. The average molecular weight is 218 g/mol. The molecule has 2 aromatic rings. The highest BCUT2D eigenvalue weighted by Gasteiger charge is 1.88. The summed E-state index contributed by atoms with van der Waals surface area (Å²) >= 11 is 0. The fraction of sp³-hybridized carbons (Fsp3) is 0.429. The molecule has 0 saturated carbocycles. The van der Waals surface area contributed by atoms with Gasteiger partial charge in [-0.3, -0.25) is 9.97 Å². The van der Waals surface area contributed by atoms with E-state index in [-0.39, 0.29) is 0 Å². The van der Waals surface area contributed by atoms with Gasteiger partial charge in [0.25, 0.3) is 0 Å². The van der Waals surface area contributed by atoms with Crippen molar-refractivity contribution in [1.29, 1.82) is 0 Å². The Balaban J connectivity index is 0.000000323. The first-order valence-electron chi connectivity index (χ1n) is 5.86. The first-order chi connectivity index (χ1) is 7.70. The zero-order valence-corrected chi connectivity index (χ0v) is 10.9. The van der Waals surface area contributed by atoms with Gasteiger partial charge < -0.3 is 0 Å². The monoisotopic (exact) mass is 218 g/mol. The van der Waals surface area contributed by atoms with Crippen molar-refractivity contribution in [3.8, 4) is 0 Å². The number of rotatable bonds is 0. The van der Waals surface area contributed by atoms with Crippen molar-refractivity contribution in [3.05, 3.63) is 36.7 Å². The van der Waals surface area contributed by atoms with Gasteiger partial charge in [0, 0.05) is 12.4 Å². The van der Waals surface area contributed by atoms with E-state index in [1.807, 2.05) is 38.1 Å². The SMILES string of the molecule is CC.CC(C)C.c1ccc2nccnc2c1. The summed E-state index contributed by atoms with van der Waals surface area (Å²) in [6.07, 6.45) is 3.39. The summed E-state index contributed by atoms with van der Waals surface area (Å²) in [4.78, 5) is 8.24. The molecule has 2 heteroatoms. The Hall–Kier alpha value is -1.44. The first kappa shape index (κ1) is 14.6. The quantitative estimate of drug-likeness (QED) is 0.658. The maximum atomic E-state index is 4.12. The zero-order chi connectivity index (χ0) is 12.4. The molecule has 0 spiro atoms. The van der Waals surface area contributed by atoms with Crippen LogP contribution in [-0.4, -0.2) is 9.97 Å². The molecule has 0 saturated heterocycles. The molecule has 1 aromatic carbocycles. The van der Waals surface area contributed by atoms with Crippen LogP contribution < -0.4 is 0 Å². The van der Waals surface area contributed by atoms with Gasteiger partial charge in [-0.25, -0.2) is 0 Å². The Morgan fingerprint density at radius 1 is 0.812 bits per heavy atom. The third-order valence-electron chi connectivity index (χ3n) is 1.38. The minimum atomic E-state index is 0.833. The summed E-state index contributed by atoms with van der Waals surface area (Å²) in [5, 5.41) is 0. The van der Waals surface area contributed by atoms with Gasteiger partial charge in [0.1, 0.15) is 0 Å². The molecular weight excluding hydrogens is 196 g/mol. The molecule has 0 unspecified atom stereocenters. The van der Waals surface area contributed by atoms with E-state index in [2.05, 4.69) is 30.7 Å². The van der Waals surface area contributed by atoms with E-state index in [9.17, 15) is 0 Å². The number of aromatic nitrogens is 2. The van der Waals surface area contributed by atoms with E-state index in [4.69, 9.17) is 0 Å². The molecule has 0 amide bonds. The second kappa shape index (κ2) is 8.84. The molecule has 16 heavy (non-hydrogen) atoms. The fourth-order valence-corrected chi connectivity index (χ4v) is 0.910. The molecule has 0 N–H and O–H groups in total. The Morgan fingerprint density at radius 3 is 1.44 bits per heavy atom. The van der Waals surface area contributed by atoms with E-state index in [1.165, 1.54) is 0 Å². The Labute approximate surface area is 98.8 Å². The van der Waals surface area contributed by atoms with Crippen LogP contribution in [0.5, 0.6) is 0 Å². The van der Waals surface area contributed by atoms with Gasteiger partial charge in [0.05, 0.1) is 11.0 Å². The van der Waals surface area contributed by atoms with E-state index in [0.717, 1.165) is 17.0 Å². The molecule has 1 aromatic heterocycles. The van der Waals surface area contributed by atoms with Gasteiger partial charge in [0.2, 0.25) is 0 Å². The lowest BCUT2D eigenvalue weighted by Crippen LogP contribution is -1.78. The predicted molar refractivity (Wildman–Crippen MR) is 71.4 cm³/mol. The van der Waals surface area contributed by atoms with Crippen LogP contribution in [0, 0.1) is 5.92 Å². The minimum absolute atomic E-state index is 0.833. The molecule has 2 nitrogen and oxygen atoms in total. The number of hydrogen-bond acceptors (Lipinski definition) is 2. The van der Waals surface area contributed by atoms with Crippen molar-refractivity contribution in [2.75, 3.05) is 0 Å². The van der Waals surface area contributed by atoms with Crippen molar-refractivity contribution < 1.29 is 0 Å². The molecule has 0 radical (unpaired) electrons. The van der Waals surface area contributed by atoms with Gasteiger partial charge in [-0.05, 0) is 18.1 Å². The third kappa shape index (κ3) is 6.12. The van der Waals surface area contributed by atoms with Gasteiger partial charge in [-0.1, -0.05) is 46.8 Å². The van der Waals surface area contributed by atoms with Crippen molar-refractivity contribution in [1.82, 2.24) is 9.97 Å². The topological polar surface area (TPSA) is 25.8 Å². The predicted octanol–water partition coefficient (Wildman–Crippen LogP) is 4.32. The van der Waals surface area contributed by atoms with E-state index in [0.29, 0.717) is 0 Å². The highest BCUT2D eigenvalue weighted by molar-refractivity contribution is 5.72. The van der Waals surface area contributed by atoms with Crippen LogP contribution in [0.2, 0.25) is 0 Å². The highest BCUT2D eigenvalue weighted by atomic mass is 14.8. The first-order valence-corrected chi connectivity index (χ1v) is 5.86. The fourth-order valence-electron chi connectivity index (χ4n) is 0.910. The standard InChI is InChI=1S/C8H6N2.C4H10.C2H6/c1-2-4-8-7(3-1)9-5-6-10-8;1-4(2)3;1-2/h1-6H;4H,1-3H3;1-2H3. The summed E-state index contributed by atoms with van der Waals surface area (Å²) in [5.41, 5.74) is 1.90. The maximum Gasteiger partial charge on any atom is 0.0886 e. The van der Waals surface area contributed by atoms with Crippen molar-refractivity contribution >= 4 is 11.0 Å². The summed E-state index contributed by atoms with van der Waals surface area (Å²) in [7, 11) is 0. The largest absolute Gasteiger partial charge is 0.253 e. The summed E-state index contributed by atoms with van der Waals surface area (Å²) < 4.78 is 0. The molecule has 0 bridgehead atoms. The van der Waals surface area contributed by atoms with Crippen LogP contribution >= 0.6 is 0 Å². The minimum Gasteiger partial charge on any atom is -0.253 e. The second-order valence-corrected chi connectivity index (χ2v) is 3.78. The molecule has 0 fully saturated rings. The zero-order valence-electron chi connectivity index (χ0n) is 10.9. The lowest BCUT2D eigenvalue weighted by atomic mass is 10.3. The lowest BCUT2D eigenvalue weighted by molar-refractivity contribution is 0.737. The Morgan fingerprint density at radius 2 is 1.12 bits per heavy atom. The highest BCUT2D eigenvalue weighted by Crippen LogP contribution is 2.04. The normalized spacial score (nSPS) is 8.88. The number of fused-ring (bicyclic) bond motifs is 1. The number of hydrogen-bond donors (Lipinski definition) is 0. The van der Waals surface area contributed by atoms with E-state index >= 15 is 0 Å². The van der Waals surface area contributed by atoms with Crippen LogP contribution in [0.4, 0.5) is 0 Å². The van der Waals surface area contributed by atoms with Gasteiger partial charge in [0.15, 0.2) is 0 Å². The van der Waals surface area contributed by atoms with Crippen LogP contribution in [0.3, 0.4) is 0 Å². The third-order valence-corrected chi connectivity index (χ3v) is 1.38. The van der Waals surface area contributed by atoms with Gasteiger partial charge >= 0.3 is 0 Å². The average Bonchev–Trinajstić information content (AvgIpc) is 2.31. The smallest absolute Gasteiger partial charge is 0.0886 e. The van der Waals surface area contributed by atoms with E-state index < -0.39 is 0 Å². The number of benzene rings is 1. The molecule has 88 valence electrons. The second-order valence-electron chi connectivity index (χ2n) is 3.78. The van der Waals surface area contributed by atoms with Crippen LogP contribution in [-0.2, 0) is 0 Å². The summed E-state index contributed by atoms with van der Waals surface area (Å²) in [5.74, 6) is 0.833. The van der Waals surface area contributed by atoms with E-state index in [1.54, 1.807) is 12.4 Å². The molecule has 0 aliphatic carbocycles. The Bertz CT molecular complexity index is 315. The summed E-state index contributed by atoms with van der Waals surface area (Å²) in [6, 6.07) is 7.80. The maximum absolute atomic E-state index is 4.12. The Kier molecular flexibility index (Phi) is 8.04. The summed E-state index contributed by atoms with van der Waals surface area (Å²) in [6.45, 7) is 10.5. The number of para-hydroxylation sites is 2. The van der Waals surface area contributed by atoms with Gasteiger partial charge in [-0.2, -0.15) is 0 Å². The molecule has 0 aliphatic heterocycles. The lowest BCUT2D eigenvalue weighted by Gasteiger charge is -1.90. The van der Waals surface area contributed by atoms with Crippen molar-refractivity contribution in [2.45, 2.75) is 34.6 Å². The van der Waals surface area contributed by atoms with Crippen molar-refractivity contribution in [2.24, 2.45) is 5.92 Å². The molecule has 2 rings (SSSR count). The van der Waals surface area contributed by atoms with Crippen LogP contribution in [0.1, 0.15) is 34.6 Å². The van der Waals surface area contributed by atoms with Crippen molar-refractivity contribution in [3.63, 3.8) is 0 Å². The molecule has 0 atom stereocenters. The molecular formula is C14H22N2. The number of nitrogens with zero attached hydrogens (tertiary/aromatic N) is 2. The van der Waals surface area contributed by atoms with Crippen LogP contribution in [0.25, 0.3) is 11.0 Å².